The number of halogens is 1. The first-order valence-corrected chi connectivity index (χ1v) is 6.87. The number of likely N-dealkylation sites (tertiary alicyclic amines) is 1. The second-order valence-electron chi connectivity index (χ2n) is 5.35. The monoisotopic (exact) mass is 279 g/mol. The predicted octanol–water partition coefficient (Wildman–Crippen LogP) is 0.766. The highest BCUT2D eigenvalue weighted by Gasteiger charge is 2.37. The molecular formula is C14H18FN3O2. The number of nitrogens with zero attached hydrogens (tertiary/aromatic N) is 3. The summed E-state index contributed by atoms with van der Waals surface area (Å²) in [5.41, 5.74) is 0.0952. The predicted molar refractivity (Wildman–Crippen MR) is 70.9 cm³/mol. The molecule has 1 aromatic heterocycles. The van der Waals surface area contributed by atoms with Crippen LogP contribution in [0.4, 0.5) is 4.39 Å². The minimum atomic E-state index is -0.562. The van der Waals surface area contributed by atoms with Gasteiger partial charge in [0, 0.05) is 25.8 Å². The smallest absolute Gasteiger partial charge is 0.257 e. The number of rotatable bonds is 1. The van der Waals surface area contributed by atoms with Crippen molar-refractivity contribution >= 4 is 5.91 Å². The molecular weight excluding hydrogens is 261 g/mol. The van der Waals surface area contributed by atoms with Gasteiger partial charge in [0.15, 0.2) is 5.82 Å². The van der Waals surface area contributed by atoms with Crippen molar-refractivity contribution in [3.8, 4) is 0 Å². The third kappa shape index (κ3) is 2.41. The number of carbonyl (C=O) groups is 1. The number of aromatic nitrogens is 1. The molecule has 2 atom stereocenters. The number of fused-ring (bicyclic) bond motifs is 1. The van der Waals surface area contributed by atoms with Crippen LogP contribution in [0.2, 0.25) is 0 Å². The Balaban J connectivity index is 1.75. The molecule has 0 N–H and O–H groups in total. The summed E-state index contributed by atoms with van der Waals surface area (Å²) in [5, 5.41) is 0. The molecule has 0 aromatic carbocycles. The van der Waals surface area contributed by atoms with E-state index in [9.17, 15) is 9.18 Å². The molecule has 3 heterocycles. The average Bonchev–Trinajstić information content (AvgIpc) is 2.47. The van der Waals surface area contributed by atoms with Crippen LogP contribution in [-0.4, -0.2) is 66.1 Å². The number of piperidine rings is 1. The van der Waals surface area contributed by atoms with Gasteiger partial charge in [-0.05, 0) is 19.5 Å². The molecule has 0 spiro atoms. The minimum Gasteiger partial charge on any atom is -0.375 e. The summed E-state index contributed by atoms with van der Waals surface area (Å²) in [4.78, 5) is 20.0. The maximum absolute atomic E-state index is 13.7. The van der Waals surface area contributed by atoms with Crippen LogP contribution in [0.5, 0.6) is 0 Å². The van der Waals surface area contributed by atoms with E-state index in [4.69, 9.17) is 4.74 Å². The van der Waals surface area contributed by atoms with Gasteiger partial charge in [-0.2, -0.15) is 0 Å². The Hall–Kier alpha value is -1.53. The zero-order chi connectivity index (χ0) is 14.1. The van der Waals surface area contributed by atoms with Crippen LogP contribution in [0.1, 0.15) is 16.8 Å². The van der Waals surface area contributed by atoms with Crippen LogP contribution >= 0.6 is 0 Å². The molecule has 1 aromatic rings. The summed E-state index contributed by atoms with van der Waals surface area (Å²) in [6.07, 6.45) is 3.50. The molecule has 2 fully saturated rings. The van der Waals surface area contributed by atoms with Crippen LogP contribution in [-0.2, 0) is 4.74 Å². The van der Waals surface area contributed by atoms with Crippen molar-refractivity contribution in [2.45, 2.75) is 18.6 Å². The molecule has 5 nitrogen and oxygen atoms in total. The first-order chi connectivity index (χ1) is 9.66. The summed E-state index contributed by atoms with van der Waals surface area (Å²) in [7, 11) is 2.04. The fourth-order valence-electron chi connectivity index (χ4n) is 2.95. The molecule has 0 bridgehead atoms. The summed E-state index contributed by atoms with van der Waals surface area (Å²) < 4.78 is 19.4. The third-order valence-electron chi connectivity index (χ3n) is 4.15. The van der Waals surface area contributed by atoms with Crippen molar-refractivity contribution in [2.75, 3.05) is 33.3 Å². The molecule has 2 aliphatic rings. The first kappa shape index (κ1) is 13.5. The van der Waals surface area contributed by atoms with E-state index in [1.807, 2.05) is 7.05 Å². The van der Waals surface area contributed by atoms with Crippen LogP contribution < -0.4 is 0 Å². The van der Waals surface area contributed by atoms with Crippen molar-refractivity contribution < 1.29 is 13.9 Å². The third-order valence-corrected chi connectivity index (χ3v) is 4.15. The number of hydrogen-bond donors (Lipinski definition) is 0. The van der Waals surface area contributed by atoms with Crippen molar-refractivity contribution in [3.63, 3.8) is 0 Å². The van der Waals surface area contributed by atoms with Gasteiger partial charge < -0.3 is 9.64 Å². The molecule has 108 valence electrons. The lowest BCUT2D eigenvalue weighted by molar-refractivity contribution is -0.0893. The SMILES string of the molecule is CN1CCO[C@@H]2CCN(C(=O)c3ccncc3F)C[C@H]21. The van der Waals surface area contributed by atoms with Crippen LogP contribution in [0.25, 0.3) is 0 Å². The van der Waals surface area contributed by atoms with Gasteiger partial charge >= 0.3 is 0 Å². The van der Waals surface area contributed by atoms with Gasteiger partial charge in [0.05, 0.1) is 30.5 Å². The lowest BCUT2D eigenvalue weighted by Crippen LogP contribution is -2.59. The maximum Gasteiger partial charge on any atom is 0.257 e. The molecule has 3 rings (SSSR count). The highest BCUT2D eigenvalue weighted by atomic mass is 19.1. The minimum absolute atomic E-state index is 0.0952. The molecule has 0 unspecified atom stereocenters. The number of ether oxygens (including phenoxy) is 1. The van der Waals surface area contributed by atoms with Gasteiger partial charge in [-0.3, -0.25) is 14.7 Å². The number of pyridine rings is 1. The van der Waals surface area contributed by atoms with E-state index in [0.29, 0.717) is 13.1 Å². The summed E-state index contributed by atoms with van der Waals surface area (Å²) in [6.45, 7) is 2.80. The highest BCUT2D eigenvalue weighted by molar-refractivity contribution is 5.94. The Labute approximate surface area is 117 Å². The molecule has 20 heavy (non-hydrogen) atoms. The molecule has 2 aliphatic heterocycles. The highest BCUT2D eigenvalue weighted by Crippen LogP contribution is 2.23. The summed E-state index contributed by atoms with van der Waals surface area (Å²) >= 11 is 0. The standard InChI is InChI=1S/C14H18FN3O2/c1-17-6-7-20-13-3-5-18(9-12(13)17)14(19)10-2-4-16-8-11(10)15/h2,4,8,12-13H,3,5-7,9H2,1H3/t12-,13-/m1/s1. The first-order valence-electron chi connectivity index (χ1n) is 6.87. The number of carbonyl (C=O) groups excluding carboxylic acids is 1. The summed E-state index contributed by atoms with van der Waals surface area (Å²) in [5.74, 6) is -0.824. The van der Waals surface area contributed by atoms with Crippen molar-refractivity contribution in [1.29, 1.82) is 0 Å². The Morgan fingerprint density at radius 2 is 2.35 bits per heavy atom. The molecule has 6 heteroatoms. The summed E-state index contributed by atoms with van der Waals surface area (Å²) in [6, 6.07) is 1.64. The van der Waals surface area contributed by atoms with Gasteiger partial charge in [-0.1, -0.05) is 0 Å². The molecule has 0 radical (unpaired) electrons. The number of amides is 1. The maximum atomic E-state index is 13.7. The van der Waals surface area contributed by atoms with Gasteiger partial charge in [0.2, 0.25) is 0 Å². The Morgan fingerprint density at radius 1 is 1.50 bits per heavy atom. The molecule has 1 amide bonds. The fourth-order valence-corrected chi connectivity index (χ4v) is 2.95. The van der Waals surface area contributed by atoms with Crippen LogP contribution in [0.15, 0.2) is 18.5 Å². The second-order valence-corrected chi connectivity index (χ2v) is 5.35. The van der Waals surface area contributed by atoms with Gasteiger partial charge in [-0.25, -0.2) is 4.39 Å². The Morgan fingerprint density at radius 3 is 3.15 bits per heavy atom. The fraction of sp³-hybridized carbons (Fsp3) is 0.571. The van der Waals surface area contributed by atoms with Crippen molar-refractivity contribution in [1.82, 2.24) is 14.8 Å². The molecule has 2 saturated heterocycles. The van der Waals surface area contributed by atoms with Crippen molar-refractivity contribution in [2.24, 2.45) is 0 Å². The van der Waals surface area contributed by atoms with Gasteiger partial charge in [0.25, 0.3) is 5.91 Å². The zero-order valence-corrected chi connectivity index (χ0v) is 11.5. The molecule has 0 saturated carbocycles. The Kier molecular flexibility index (Phi) is 3.67. The van der Waals surface area contributed by atoms with E-state index >= 15 is 0 Å². The quantitative estimate of drug-likeness (QED) is 0.761. The number of hydrogen-bond acceptors (Lipinski definition) is 4. The van der Waals surface area contributed by atoms with Gasteiger partial charge in [-0.15, -0.1) is 0 Å². The molecule has 0 aliphatic carbocycles. The second kappa shape index (κ2) is 5.46. The number of morpholine rings is 1. The zero-order valence-electron chi connectivity index (χ0n) is 11.5. The van der Waals surface area contributed by atoms with E-state index in [1.165, 1.54) is 12.3 Å². The largest absolute Gasteiger partial charge is 0.375 e. The lowest BCUT2D eigenvalue weighted by atomic mass is 9.98. The average molecular weight is 279 g/mol. The van der Waals surface area contributed by atoms with Crippen molar-refractivity contribution in [3.05, 3.63) is 29.8 Å². The van der Waals surface area contributed by atoms with E-state index in [1.54, 1.807) is 4.90 Å². The van der Waals surface area contributed by atoms with E-state index in [0.717, 1.165) is 25.8 Å². The van der Waals surface area contributed by atoms with E-state index in [-0.39, 0.29) is 23.6 Å². The lowest BCUT2D eigenvalue weighted by Gasteiger charge is -2.45. The normalized spacial score (nSPS) is 27.2. The van der Waals surface area contributed by atoms with E-state index < -0.39 is 5.82 Å². The van der Waals surface area contributed by atoms with Gasteiger partial charge in [0.1, 0.15) is 0 Å². The van der Waals surface area contributed by atoms with E-state index in [2.05, 4.69) is 9.88 Å². The topological polar surface area (TPSA) is 45.7 Å². The Bertz CT molecular complexity index is 511. The van der Waals surface area contributed by atoms with Crippen LogP contribution in [0, 0.1) is 5.82 Å². The number of likely N-dealkylation sites (N-methyl/N-ethyl adjacent to an activating group) is 1. The van der Waals surface area contributed by atoms with Crippen LogP contribution in [0.3, 0.4) is 0 Å².